The van der Waals surface area contributed by atoms with E-state index in [1.807, 2.05) is 0 Å². The van der Waals surface area contributed by atoms with Gasteiger partial charge in [-0.3, -0.25) is 0 Å². The Labute approximate surface area is 157 Å². The molecule has 0 fully saturated rings. The second-order valence-electron chi connectivity index (χ2n) is 5.71. The molecule has 0 bridgehead atoms. The summed E-state index contributed by atoms with van der Waals surface area (Å²) in [5, 5.41) is 5.37. The Bertz CT molecular complexity index is 705. The van der Waals surface area contributed by atoms with Crippen LogP contribution in [0.2, 0.25) is 0 Å². The van der Waals surface area contributed by atoms with Crippen LogP contribution in [-0.2, 0) is 9.53 Å². The van der Waals surface area contributed by atoms with Gasteiger partial charge in [0.15, 0.2) is 0 Å². The summed E-state index contributed by atoms with van der Waals surface area (Å²) >= 11 is 5.64. The number of urea groups is 1. The van der Waals surface area contributed by atoms with Crippen molar-refractivity contribution < 1.29 is 23.8 Å². The fourth-order valence-electron chi connectivity index (χ4n) is 2.70. The average Bonchev–Trinajstić information content (AvgIpc) is 2.63. The molecule has 0 spiro atoms. The first kappa shape index (κ1) is 19.9. The van der Waals surface area contributed by atoms with E-state index in [1.165, 1.54) is 7.11 Å². The zero-order chi connectivity index (χ0) is 19.1. The number of rotatable bonds is 8. The summed E-state index contributed by atoms with van der Waals surface area (Å²) in [7, 11) is 3.06. The first-order valence-corrected chi connectivity index (χ1v) is 8.78. The van der Waals surface area contributed by atoms with Crippen LogP contribution >= 0.6 is 11.6 Å². The highest BCUT2D eigenvalue weighted by Crippen LogP contribution is 2.35. The fraction of sp³-hybridized carbons (Fsp3) is 0.444. The molecule has 142 valence electrons. The lowest BCUT2D eigenvalue weighted by Crippen LogP contribution is -2.45. The summed E-state index contributed by atoms with van der Waals surface area (Å²) in [6, 6.07) is 4.07. The van der Waals surface area contributed by atoms with Crippen LogP contribution in [0.4, 0.5) is 4.79 Å². The number of hydrogen-bond donors (Lipinski definition) is 2. The van der Waals surface area contributed by atoms with Gasteiger partial charge in [0, 0.05) is 17.1 Å². The first-order chi connectivity index (χ1) is 12.5. The van der Waals surface area contributed by atoms with Gasteiger partial charge < -0.3 is 24.8 Å². The van der Waals surface area contributed by atoms with Crippen molar-refractivity contribution in [1.29, 1.82) is 0 Å². The Hall–Kier alpha value is -2.41. The van der Waals surface area contributed by atoms with Crippen molar-refractivity contribution in [3.8, 4) is 11.5 Å². The molecule has 1 aromatic rings. The van der Waals surface area contributed by atoms with Gasteiger partial charge in [0.2, 0.25) is 0 Å². The monoisotopic (exact) mass is 382 g/mol. The quantitative estimate of drug-likeness (QED) is 0.410. The highest BCUT2D eigenvalue weighted by Gasteiger charge is 2.34. The van der Waals surface area contributed by atoms with Gasteiger partial charge in [0.1, 0.15) is 11.5 Å². The van der Waals surface area contributed by atoms with Crippen molar-refractivity contribution in [2.75, 3.05) is 26.7 Å². The molecule has 0 aliphatic carbocycles. The van der Waals surface area contributed by atoms with E-state index in [-0.39, 0.29) is 6.61 Å². The Morgan fingerprint density at radius 2 is 2.00 bits per heavy atom. The van der Waals surface area contributed by atoms with E-state index in [1.54, 1.807) is 32.2 Å². The molecule has 0 radical (unpaired) electrons. The molecule has 1 aliphatic rings. The van der Waals surface area contributed by atoms with E-state index in [0.29, 0.717) is 40.6 Å². The van der Waals surface area contributed by atoms with Gasteiger partial charge in [-0.2, -0.15) is 0 Å². The largest absolute Gasteiger partial charge is 0.497 e. The van der Waals surface area contributed by atoms with Crippen LogP contribution in [0, 0.1) is 0 Å². The molecule has 8 heteroatoms. The van der Waals surface area contributed by atoms with Gasteiger partial charge in [-0.1, -0.05) is 0 Å². The molecule has 0 saturated heterocycles. The Morgan fingerprint density at radius 3 is 2.65 bits per heavy atom. The van der Waals surface area contributed by atoms with Crippen LogP contribution in [0.25, 0.3) is 0 Å². The molecular formula is C18H23ClN2O5. The van der Waals surface area contributed by atoms with Crippen LogP contribution in [0.3, 0.4) is 0 Å². The molecule has 0 unspecified atom stereocenters. The molecule has 2 amide bonds. The van der Waals surface area contributed by atoms with E-state index < -0.39 is 18.0 Å². The number of alkyl halides is 1. The van der Waals surface area contributed by atoms with Crippen LogP contribution in [0.1, 0.15) is 31.4 Å². The fourth-order valence-corrected chi connectivity index (χ4v) is 2.89. The number of esters is 1. The number of ether oxygens (including phenoxy) is 3. The van der Waals surface area contributed by atoms with E-state index in [9.17, 15) is 9.59 Å². The summed E-state index contributed by atoms with van der Waals surface area (Å²) < 4.78 is 16.0. The molecule has 1 heterocycles. The number of benzene rings is 1. The molecule has 26 heavy (non-hydrogen) atoms. The maximum Gasteiger partial charge on any atom is 0.338 e. The lowest BCUT2D eigenvalue weighted by molar-refractivity contribution is -0.139. The second-order valence-corrected chi connectivity index (χ2v) is 6.09. The number of methoxy groups -OCH3 is 2. The van der Waals surface area contributed by atoms with Crippen molar-refractivity contribution in [3.05, 3.63) is 35.0 Å². The van der Waals surface area contributed by atoms with Crippen LogP contribution < -0.4 is 20.1 Å². The van der Waals surface area contributed by atoms with Gasteiger partial charge in [0.05, 0.1) is 32.4 Å². The van der Waals surface area contributed by atoms with Gasteiger partial charge in [-0.25, -0.2) is 9.59 Å². The van der Waals surface area contributed by atoms with E-state index in [2.05, 4.69) is 10.6 Å². The van der Waals surface area contributed by atoms with Crippen molar-refractivity contribution >= 4 is 23.6 Å². The topological polar surface area (TPSA) is 85.9 Å². The summed E-state index contributed by atoms with van der Waals surface area (Å²) in [6.45, 7) is 1.92. The number of unbranched alkanes of at least 4 members (excludes halogenated alkanes) is 1. The van der Waals surface area contributed by atoms with E-state index in [4.69, 9.17) is 25.8 Å². The number of carbonyl (C=O) groups excluding carboxylic acids is 2. The maximum absolute atomic E-state index is 12.6. The number of halogens is 1. The summed E-state index contributed by atoms with van der Waals surface area (Å²) in [4.78, 5) is 24.6. The normalized spacial score (nSPS) is 16.6. The smallest absolute Gasteiger partial charge is 0.338 e. The SMILES string of the molecule is COc1ccc(OC)c([C@@H]2NC(=O)NC(C)=C2C(=O)OCCCCCl)c1. The Kier molecular flexibility index (Phi) is 7.15. The number of nitrogens with one attached hydrogen (secondary N) is 2. The molecule has 1 aromatic carbocycles. The molecule has 2 rings (SSSR count). The minimum Gasteiger partial charge on any atom is -0.497 e. The predicted octanol–water partition coefficient (Wildman–Crippen LogP) is 2.89. The van der Waals surface area contributed by atoms with Crippen molar-refractivity contribution in [2.24, 2.45) is 0 Å². The van der Waals surface area contributed by atoms with Crippen LogP contribution in [0.15, 0.2) is 29.5 Å². The van der Waals surface area contributed by atoms with Crippen LogP contribution in [-0.4, -0.2) is 38.7 Å². The first-order valence-electron chi connectivity index (χ1n) is 8.25. The predicted molar refractivity (Wildman–Crippen MR) is 97.6 cm³/mol. The molecule has 0 saturated carbocycles. The third kappa shape index (κ3) is 4.60. The molecule has 1 atom stereocenters. The third-order valence-electron chi connectivity index (χ3n) is 4.00. The van der Waals surface area contributed by atoms with Crippen molar-refractivity contribution in [3.63, 3.8) is 0 Å². The Morgan fingerprint density at radius 1 is 1.23 bits per heavy atom. The lowest BCUT2D eigenvalue weighted by Gasteiger charge is -2.29. The minimum absolute atomic E-state index is 0.262. The lowest BCUT2D eigenvalue weighted by atomic mass is 9.94. The molecule has 1 aliphatic heterocycles. The van der Waals surface area contributed by atoms with Crippen molar-refractivity contribution in [2.45, 2.75) is 25.8 Å². The summed E-state index contributed by atoms with van der Waals surface area (Å²) in [6.07, 6.45) is 1.43. The molecule has 0 aromatic heterocycles. The van der Waals surface area contributed by atoms with Gasteiger partial charge in [0.25, 0.3) is 0 Å². The Balaban J connectivity index is 2.36. The molecule has 7 nitrogen and oxygen atoms in total. The zero-order valence-electron chi connectivity index (χ0n) is 15.1. The summed E-state index contributed by atoms with van der Waals surface area (Å²) in [5.74, 6) is 1.12. The number of allylic oxidation sites excluding steroid dienone is 1. The van der Waals surface area contributed by atoms with Gasteiger partial charge in [-0.15, -0.1) is 11.6 Å². The standard InChI is InChI=1S/C18H23ClN2O5/c1-11-15(17(22)26-9-5-4-8-19)16(21-18(23)20-11)13-10-12(24-2)6-7-14(13)25-3/h6-7,10,16H,4-5,8-9H2,1-3H3,(H2,20,21,23)/t16-/m0/s1. The minimum atomic E-state index is -0.714. The average molecular weight is 383 g/mol. The number of carbonyl (C=O) groups is 2. The van der Waals surface area contributed by atoms with Gasteiger partial charge in [-0.05, 0) is 38.0 Å². The van der Waals surface area contributed by atoms with Crippen molar-refractivity contribution in [1.82, 2.24) is 10.6 Å². The highest BCUT2D eigenvalue weighted by molar-refractivity contribution is 6.17. The zero-order valence-corrected chi connectivity index (χ0v) is 15.8. The second kappa shape index (κ2) is 9.33. The van der Waals surface area contributed by atoms with Gasteiger partial charge >= 0.3 is 12.0 Å². The number of hydrogen-bond acceptors (Lipinski definition) is 5. The highest BCUT2D eigenvalue weighted by atomic mass is 35.5. The maximum atomic E-state index is 12.6. The van der Waals surface area contributed by atoms with E-state index in [0.717, 1.165) is 6.42 Å². The molecule has 2 N–H and O–H groups in total. The third-order valence-corrected chi connectivity index (χ3v) is 4.27. The van der Waals surface area contributed by atoms with Crippen LogP contribution in [0.5, 0.6) is 11.5 Å². The molecular weight excluding hydrogens is 360 g/mol. The number of amides is 2. The van der Waals surface area contributed by atoms with E-state index >= 15 is 0 Å². The summed E-state index contributed by atoms with van der Waals surface area (Å²) in [5.41, 5.74) is 1.36.